The smallest absolute Gasteiger partial charge is 0.240 e. The first kappa shape index (κ1) is 18.0. The molecule has 7 heteroatoms. The Morgan fingerprint density at radius 3 is 2.52 bits per heavy atom. The van der Waals surface area contributed by atoms with E-state index >= 15 is 0 Å². The molecular formula is C14H24FN3O2S. The number of nitrogens with two attached hydrogens (primary N) is 1. The summed E-state index contributed by atoms with van der Waals surface area (Å²) in [6.07, 6.45) is 0. The van der Waals surface area contributed by atoms with Crippen molar-refractivity contribution in [3.8, 4) is 0 Å². The molecule has 0 bridgehead atoms. The van der Waals surface area contributed by atoms with Gasteiger partial charge in [-0.1, -0.05) is 0 Å². The van der Waals surface area contributed by atoms with Crippen LogP contribution in [0.2, 0.25) is 0 Å². The number of hydrogen-bond acceptors (Lipinski definition) is 4. The van der Waals surface area contributed by atoms with Crippen LogP contribution in [-0.2, 0) is 16.6 Å². The third-order valence-corrected chi connectivity index (χ3v) is 5.11. The van der Waals surface area contributed by atoms with E-state index in [0.717, 1.165) is 0 Å². The maximum atomic E-state index is 13.8. The van der Waals surface area contributed by atoms with Crippen molar-refractivity contribution in [1.82, 2.24) is 9.62 Å². The van der Waals surface area contributed by atoms with Crippen molar-refractivity contribution in [2.24, 2.45) is 5.73 Å². The molecule has 1 aromatic rings. The predicted molar refractivity (Wildman–Crippen MR) is 82.0 cm³/mol. The van der Waals surface area contributed by atoms with Crippen LogP contribution in [0, 0.1) is 12.7 Å². The Balaban J connectivity index is 2.91. The number of benzene rings is 1. The quantitative estimate of drug-likeness (QED) is 0.793. The van der Waals surface area contributed by atoms with Gasteiger partial charge in [-0.3, -0.25) is 0 Å². The summed E-state index contributed by atoms with van der Waals surface area (Å²) in [5, 5.41) is 0. The van der Waals surface area contributed by atoms with Crippen molar-refractivity contribution in [1.29, 1.82) is 0 Å². The summed E-state index contributed by atoms with van der Waals surface area (Å²) in [5.74, 6) is -0.558. The standard InChI is InChI=1S/C14H24FN3O2S/c1-10(2)18(4)6-5-17-21(19,20)14-8-12(9-16)7-13(15)11(14)3/h7-8,10,17H,5-6,9,16H2,1-4H3. The van der Waals surface area contributed by atoms with Crippen molar-refractivity contribution in [2.75, 3.05) is 20.1 Å². The molecule has 0 aromatic heterocycles. The van der Waals surface area contributed by atoms with Gasteiger partial charge in [0.1, 0.15) is 5.82 Å². The van der Waals surface area contributed by atoms with Gasteiger partial charge in [-0.15, -0.1) is 0 Å². The van der Waals surface area contributed by atoms with Crippen LogP contribution in [0.3, 0.4) is 0 Å². The summed E-state index contributed by atoms with van der Waals surface area (Å²) in [4.78, 5) is 1.97. The van der Waals surface area contributed by atoms with Gasteiger partial charge in [0, 0.05) is 31.2 Å². The number of hydrogen-bond donors (Lipinski definition) is 2. The first-order valence-corrected chi connectivity index (χ1v) is 8.36. The molecule has 0 heterocycles. The van der Waals surface area contributed by atoms with Gasteiger partial charge in [0.2, 0.25) is 10.0 Å². The van der Waals surface area contributed by atoms with E-state index in [0.29, 0.717) is 18.2 Å². The Hall–Kier alpha value is -1.02. The fraction of sp³-hybridized carbons (Fsp3) is 0.571. The lowest BCUT2D eigenvalue weighted by Crippen LogP contribution is -2.36. The fourth-order valence-electron chi connectivity index (χ4n) is 1.80. The molecule has 0 saturated heterocycles. The van der Waals surface area contributed by atoms with Crippen LogP contribution in [0.25, 0.3) is 0 Å². The molecule has 0 radical (unpaired) electrons. The predicted octanol–water partition coefficient (Wildman–Crippen LogP) is 1.21. The second-order valence-corrected chi connectivity index (χ2v) is 7.11. The summed E-state index contributed by atoms with van der Waals surface area (Å²) in [6, 6.07) is 3.02. The van der Waals surface area contributed by atoms with Crippen LogP contribution in [0.1, 0.15) is 25.0 Å². The molecule has 0 unspecified atom stereocenters. The largest absolute Gasteiger partial charge is 0.326 e. The summed E-state index contributed by atoms with van der Waals surface area (Å²) >= 11 is 0. The molecular weight excluding hydrogens is 293 g/mol. The van der Waals surface area contributed by atoms with E-state index in [1.807, 2.05) is 25.8 Å². The van der Waals surface area contributed by atoms with Gasteiger partial charge in [0.25, 0.3) is 0 Å². The average Bonchev–Trinajstić information content (AvgIpc) is 2.40. The Morgan fingerprint density at radius 2 is 2.00 bits per heavy atom. The van der Waals surface area contributed by atoms with E-state index in [-0.39, 0.29) is 23.5 Å². The molecule has 0 spiro atoms. The number of sulfonamides is 1. The van der Waals surface area contributed by atoms with Crippen molar-refractivity contribution < 1.29 is 12.8 Å². The summed E-state index contributed by atoms with van der Waals surface area (Å²) < 4.78 is 40.8. The molecule has 0 aliphatic rings. The van der Waals surface area contributed by atoms with Crippen LogP contribution in [0.15, 0.2) is 17.0 Å². The van der Waals surface area contributed by atoms with Gasteiger partial charge in [0.05, 0.1) is 4.90 Å². The second kappa shape index (κ2) is 7.31. The summed E-state index contributed by atoms with van der Waals surface area (Å²) in [7, 11) is -1.82. The number of halogens is 1. The molecule has 21 heavy (non-hydrogen) atoms. The first-order valence-electron chi connectivity index (χ1n) is 6.88. The lowest BCUT2D eigenvalue weighted by molar-refractivity contribution is 0.278. The molecule has 5 nitrogen and oxygen atoms in total. The summed E-state index contributed by atoms with van der Waals surface area (Å²) in [6.45, 7) is 6.44. The van der Waals surface area contributed by atoms with Crippen LogP contribution in [0.4, 0.5) is 4.39 Å². The third-order valence-electron chi connectivity index (χ3n) is 3.52. The lowest BCUT2D eigenvalue weighted by atomic mass is 10.1. The molecule has 0 aliphatic heterocycles. The minimum atomic E-state index is -3.74. The van der Waals surface area contributed by atoms with Gasteiger partial charge in [-0.2, -0.15) is 0 Å². The van der Waals surface area contributed by atoms with E-state index in [9.17, 15) is 12.8 Å². The SMILES string of the molecule is Cc1c(F)cc(CN)cc1S(=O)(=O)NCCN(C)C(C)C. The van der Waals surface area contributed by atoms with Crippen LogP contribution >= 0.6 is 0 Å². The zero-order chi connectivity index (χ0) is 16.2. The van der Waals surface area contributed by atoms with Crippen LogP contribution in [0.5, 0.6) is 0 Å². The normalized spacial score (nSPS) is 12.4. The highest BCUT2D eigenvalue weighted by atomic mass is 32.2. The molecule has 0 aliphatic carbocycles. The van der Waals surface area contributed by atoms with Crippen molar-refractivity contribution in [2.45, 2.75) is 38.3 Å². The van der Waals surface area contributed by atoms with E-state index in [1.165, 1.54) is 19.1 Å². The van der Waals surface area contributed by atoms with Crippen LogP contribution < -0.4 is 10.5 Å². The van der Waals surface area contributed by atoms with E-state index in [2.05, 4.69) is 4.72 Å². The fourth-order valence-corrected chi connectivity index (χ4v) is 3.12. The second-order valence-electron chi connectivity index (χ2n) is 5.38. The molecule has 3 N–H and O–H groups in total. The summed E-state index contributed by atoms with van der Waals surface area (Å²) in [5.41, 5.74) is 6.03. The van der Waals surface area contributed by atoms with Crippen molar-refractivity contribution >= 4 is 10.0 Å². The Bertz CT molecular complexity index is 588. The maximum absolute atomic E-state index is 13.8. The Morgan fingerprint density at radius 1 is 1.38 bits per heavy atom. The molecule has 1 rings (SSSR count). The van der Waals surface area contributed by atoms with Gasteiger partial charge in [0.15, 0.2) is 0 Å². The van der Waals surface area contributed by atoms with Crippen molar-refractivity contribution in [3.63, 3.8) is 0 Å². The average molecular weight is 317 g/mol. The number of rotatable bonds is 7. The highest BCUT2D eigenvalue weighted by Crippen LogP contribution is 2.20. The van der Waals surface area contributed by atoms with E-state index in [1.54, 1.807) is 0 Å². The van der Waals surface area contributed by atoms with E-state index < -0.39 is 15.8 Å². The van der Waals surface area contributed by atoms with Crippen molar-refractivity contribution in [3.05, 3.63) is 29.1 Å². The monoisotopic (exact) mass is 317 g/mol. The van der Waals surface area contributed by atoms with Gasteiger partial charge in [-0.05, 0) is 45.5 Å². The van der Waals surface area contributed by atoms with Gasteiger partial charge >= 0.3 is 0 Å². The van der Waals surface area contributed by atoms with E-state index in [4.69, 9.17) is 5.73 Å². The zero-order valence-corrected chi connectivity index (χ0v) is 13.8. The van der Waals surface area contributed by atoms with Gasteiger partial charge < -0.3 is 10.6 Å². The highest BCUT2D eigenvalue weighted by Gasteiger charge is 2.20. The molecule has 0 saturated carbocycles. The molecule has 0 fully saturated rings. The highest BCUT2D eigenvalue weighted by molar-refractivity contribution is 7.89. The zero-order valence-electron chi connectivity index (χ0n) is 13.0. The molecule has 120 valence electrons. The minimum Gasteiger partial charge on any atom is -0.326 e. The number of likely N-dealkylation sites (N-methyl/N-ethyl adjacent to an activating group) is 1. The Labute approximate surface area is 126 Å². The molecule has 0 atom stereocenters. The van der Waals surface area contributed by atoms with Crippen LogP contribution in [-0.4, -0.2) is 39.5 Å². The number of nitrogens with one attached hydrogen (secondary N) is 1. The number of nitrogens with zero attached hydrogens (tertiary/aromatic N) is 1. The molecule has 1 aromatic carbocycles. The minimum absolute atomic E-state index is 0.0462. The first-order chi connectivity index (χ1) is 9.69. The maximum Gasteiger partial charge on any atom is 0.240 e. The molecule has 0 amide bonds. The van der Waals surface area contributed by atoms with Gasteiger partial charge in [-0.25, -0.2) is 17.5 Å². The lowest BCUT2D eigenvalue weighted by Gasteiger charge is -2.21. The Kier molecular flexibility index (Phi) is 6.27. The third kappa shape index (κ3) is 4.74. The topological polar surface area (TPSA) is 75.4 Å².